The normalized spacial score (nSPS) is 14.4. The molecule has 0 aliphatic rings. The maximum atomic E-state index is 6.34. The number of nitrogens with zero attached hydrogens (tertiary/aromatic N) is 1. The Labute approximate surface area is 110 Å². The first-order chi connectivity index (χ1) is 8.00. The van der Waals surface area contributed by atoms with Crippen LogP contribution in [0.15, 0.2) is 42.7 Å². The number of nitrogens with two attached hydrogens (primary N) is 1. The van der Waals surface area contributed by atoms with Crippen LogP contribution in [-0.2, 0) is 5.54 Å². The van der Waals surface area contributed by atoms with Gasteiger partial charge in [0, 0.05) is 22.4 Å². The molecule has 1 aromatic carbocycles. The van der Waals surface area contributed by atoms with Gasteiger partial charge in [-0.2, -0.15) is 0 Å². The highest BCUT2D eigenvalue weighted by molar-refractivity contribution is 6.34. The molecule has 1 unspecified atom stereocenters. The number of pyridine rings is 1. The molecule has 1 aromatic heterocycles. The summed E-state index contributed by atoms with van der Waals surface area (Å²) in [5, 5.41) is 1.15. The van der Waals surface area contributed by atoms with E-state index >= 15 is 0 Å². The van der Waals surface area contributed by atoms with Crippen molar-refractivity contribution in [3.05, 3.63) is 63.9 Å². The van der Waals surface area contributed by atoms with Crippen LogP contribution in [0.4, 0.5) is 0 Å². The van der Waals surface area contributed by atoms with E-state index in [1.165, 1.54) is 0 Å². The van der Waals surface area contributed by atoms with Crippen LogP contribution in [0.25, 0.3) is 0 Å². The number of hydrogen-bond acceptors (Lipinski definition) is 2. The highest BCUT2D eigenvalue weighted by atomic mass is 35.5. The van der Waals surface area contributed by atoms with Crippen LogP contribution in [0.5, 0.6) is 0 Å². The molecule has 0 aliphatic heterocycles. The summed E-state index contributed by atoms with van der Waals surface area (Å²) >= 11 is 12.0. The van der Waals surface area contributed by atoms with Gasteiger partial charge in [0.2, 0.25) is 0 Å². The SMILES string of the molecule is CC(N)(c1cccnc1)c1cc(Cl)cc(Cl)c1. The van der Waals surface area contributed by atoms with Gasteiger partial charge in [-0.15, -0.1) is 0 Å². The highest BCUT2D eigenvalue weighted by Crippen LogP contribution is 2.30. The molecule has 2 aromatic rings. The number of hydrogen-bond donors (Lipinski definition) is 1. The minimum atomic E-state index is -0.664. The van der Waals surface area contributed by atoms with Gasteiger partial charge in [-0.1, -0.05) is 29.3 Å². The Balaban J connectivity index is 2.51. The van der Waals surface area contributed by atoms with Crippen LogP contribution >= 0.6 is 23.2 Å². The third kappa shape index (κ3) is 2.60. The molecule has 0 aliphatic carbocycles. The van der Waals surface area contributed by atoms with E-state index in [1.54, 1.807) is 18.5 Å². The zero-order valence-electron chi connectivity index (χ0n) is 9.32. The molecular weight excluding hydrogens is 255 g/mol. The van der Waals surface area contributed by atoms with E-state index in [1.807, 2.05) is 31.2 Å². The minimum absolute atomic E-state index is 0.577. The van der Waals surface area contributed by atoms with E-state index in [2.05, 4.69) is 4.98 Å². The molecule has 1 atom stereocenters. The van der Waals surface area contributed by atoms with Gasteiger partial charge in [0.15, 0.2) is 0 Å². The molecule has 0 bridgehead atoms. The fourth-order valence-electron chi connectivity index (χ4n) is 1.69. The molecule has 0 saturated heterocycles. The van der Waals surface area contributed by atoms with Crippen molar-refractivity contribution in [2.45, 2.75) is 12.5 Å². The maximum absolute atomic E-state index is 6.34. The standard InChI is InChI=1S/C13H12Cl2N2/c1-13(16,9-3-2-4-17-8-9)10-5-11(14)7-12(15)6-10/h2-8H,16H2,1H3. The van der Waals surface area contributed by atoms with E-state index in [9.17, 15) is 0 Å². The molecule has 0 radical (unpaired) electrons. The van der Waals surface area contributed by atoms with E-state index in [4.69, 9.17) is 28.9 Å². The number of aromatic nitrogens is 1. The van der Waals surface area contributed by atoms with Gasteiger partial charge in [-0.3, -0.25) is 4.98 Å². The van der Waals surface area contributed by atoms with E-state index in [0.717, 1.165) is 11.1 Å². The lowest BCUT2D eigenvalue weighted by Gasteiger charge is -2.25. The monoisotopic (exact) mass is 266 g/mol. The molecule has 4 heteroatoms. The van der Waals surface area contributed by atoms with Gasteiger partial charge in [-0.05, 0) is 42.3 Å². The second-order valence-corrected chi connectivity index (χ2v) is 4.98. The summed E-state index contributed by atoms with van der Waals surface area (Å²) in [5.74, 6) is 0. The van der Waals surface area contributed by atoms with Gasteiger partial charge in [-0.25, -0.2) is 0 Å². The Hall–Kier alpha value is -1.09. The second kappa shape index (κ2) is 4.65. The quantitative estimate of drug-likeness (QED) is 0.902. The van der Waals surface area contributed by atoms with Gasteiger partial charge in [0.1, 0.15) is 0 Å². The Morgan fingerprint density at radius 2 is 1.76 bits per heavy atom. The summed E-state index contributed by atoms with van der Waals surface area (Å²) in [6, 6.07) is 9.11. The number of benzene rings is 1. The fraction of sp³-hybridized carbons (Fsp3) is 0.154. The van der Waals surface area contributed by atoms with Gasteiger partial charge in [0.25, 0.3) is 0 Å². The largest absolute Gasteiger partial charge is 0.318 e. The van der Waals surface area contributed by atoms with Crippen LogP contribution in [0.1, 0.15) is 18.1 Å². The average Bonchev–Trinajstić information content (AvgIpc) is 2.29. The van der Waals surface area contributed by atoms with Crippen LogP contribution in [0.2, 0.25) is 10.0 Å². The van der Waals surface area contributed by atoms with Crippen molar-refractivity contribution in [1.82, 2.24) is 4.98 Å². The third-order valence-corrected chi connectivity index (χ3v) is 3.16. The molecule has 0 spiro atoms. The first-order valence-corrected chi connectivity index (χ1v) is 5.92. The van der Waals surface area contributed by atoms with Crippen molar-refractivity contribution in [3.63, 3.8) is 0 Å². The Kier molecular flexibility index (Phi) is 3.38. The van der Waals surface area contributed by atoms with E-state index < -0.39 is 5.54 Å². The van der Waals surface area contributed by atoms with Crippen molar-refractivity contribution in [2.75, 3.05) is 0 Å². The zero-order valence-corrected chi connectivity index (χ0v) is 10.8. The zero-order chi connectivity index (χ0) is 12.5. The summed E-state index contributed by atoms with van der Waals surface area (Å²) in [7, 11) is 0. The molecule has 2 N–H and O–H groups in total. The fourth-order valence-corrected chi connectivity index (χ4v) is 2.22. The maximum Gasteiger partial charge on any atom is 0.0653 e. The molecule has 0 saturated carbocycles. The van der Waals surface area contributed by atoms with E-state index in [0.29, 0.717) is 10.0 Å². The van der Waals surface area contributed by atoms with Crippen LogP contribution in [-0.4, -0.2) is 4.98 Å². The van der Waals surface area contributed by atoms with Crippen LogP contribution < -0.4 is 5.73 Å². The third-order valence-electron chi connectivity index (χ3n) is 2.72. The first kappa shape index (κ1) is 12.4. The van der Waals surface area contributed by atoms with Crippen molar-refractivity contribution >= 4 is 23.2 Å². The average molecular weight is 267 g/mol. The predicted octanol–water partition coefficient (Wildman–Crippen LogP) is 3.61. The van der Waals surface area contributed by atoms with E-state index in [-0.39, 0.29) is 0 Å². The summed E-state index contributed by atoms with van der Waals surface area (Å²) in [4.78, 5) is 4.08. The Morgan fingerprint density at radius 3 is 2.29 bits per heavy atom. The molecular formula is C13H12Cl2N2. The van der Waals surface area contributed by atoms with Gasteiger partial charge < -0.3 is 5.73 Å². The molecule has 88 valence electrons. The highest BCUT2D eigenvalue weighted by Gasteiger charge is 2.24. The molecule has 1 heterocycles. The van der Waals surface area contributed by atoms with Gasteiger partial charge >= 0.3 is 0 Å². The van der Waals surface area contributed by atoms with Crippen molar-refractivity contribution in [2.24, 2.45) is 5.73 Å². The lowest BCUT2D eigenvalue weighted by molar-refractivity contribution is 0.600. The second-order valence-electron chi connectivity index (χ2n) is 4.10. The molecule has 0 amide bonds. The number of rotatable bonds is 2. The topological polar surface area (TPSA) is 38.9 Å². The predicted molar refractivity (Wildman–Crippen MR) is 71.3 cm³/mol. The van der Waals surface area contributed by atoms with Gasteiger partial charge in [0.05, 0.1) is 5.54 Å². The summed E-state index contributed by atoms with van der Waals surface area (Å²) in [5.41, 5.74) is 7.45. The summed E-state index contributed by atoms with van der Waals surface area (Å²) in [6.45, 7) is 1.91. The molecule has 17 heavy (non-hydrogen) atoms. The molecule has 2 rings (SSSR count). The lowest BCUT2D eigenvalue weighted by atomic mass is 9.87. The molecule has 2 nitrogen and oxygen atoms in total. The van der Waals surface area contributed by atoms with Crippen LogP contribution in [0.3, 0.4) is 0 Å². The summed E-state index contributed by atoms with van der Waals surface area (Å²) < 4.78 is 0. The van der Waals surface area contributed by atoms with Crippen molar-refractivity contribution < 1.29 is 0 Å². The van der Waals surface area contributed by atoms with Crippen molar-refractivity contribution in [3.8, 4) is 0 Å². The number of halogens is 2. The lowest BCUT2D eigenvalue weighted by Crippen LogP contribution is -2.34. The smallest absolute Gasteiger partial charge is 0.0653 e. The summed E-state index contributed by atoms with van der Waals surface area (Å²) in [6.07, 6.45) is 3.46. The van der Waals surface area contributed by atoms with Crippen molar-refractivity contribution in [1.29, 1.82) is 0 Å². The Bertz CT molecular complexity index is 504. The molecule has 0 fully saturated rings. The Morgan fingerprint density at radius 1 is 1.12 bits per heavy atom. The van der Waals surface area contributed by atoms with Crippen LogP contribution in [0, 0.1) is 0 Å². The minimum Gasteiger partial charge on any atom is -0.318 e. The first-order valence-electron chi connectivity index (χ1n) is 5.16.